The van der Waals surface area contributed by atoms with Gasteiger partial charge in [0.05, 0.1) is 5.60 Å². The average Bonchev–Trinajstić information content (AvgIpc) is 2.07. The van der Waals surface area contributed by atoms with Crippen molar-refractivity contribution < 1.29 is 10.1 Å². The molecule has 1 aliphatic rings. The molecule has 0 radical (unpaired) electrons. The van der Waals surface area contributed by atoms with Crippen LogP contribution in [0.1, 0.15) is 47.5 Å². The molecule has 0 saturated carbocycles. The fraction of sp³-hybridized carbons (Fsp3) is 1.00. The minimum absolute atomic E-state index is 0. The summed E-state index contributed by atoms with van der Waals surface area (Å²) in [6.07, 6.45) is 4.22. The summed E-state index contributed by atoms with van der Waals surface area (Å²) in [7, 11) is 0. The molecular formula is C10H25NO2. The molecule has 3 nitrogen and oxygen atoms in total. The molecule has 1 heterocycles. The van der Waals surface area contributed by atoms with E-state index in [0.717, 1.165) is 0 Å². The van der Waals surface area contributed by atoms with Gasteiger partial charge in [-0.15, -0.1) is 0 Å². The first kappa shape index (κ1) is 15.4. The van der Waals surface area contributed by atoms with E-state index in [0.29, 0.717) is 0 Å². The van der Waals surface area contributed by atoms with E-state index >= 15 is 0 Å². The summed E-state index contributed by atoms with van der Waals surface area (Å²) in [5.74, 6) is 0. The second-order valence-corrected chi connectivity index (χ2v) is 4.01. The summed E-state index contributed by atoms with van der Waals surface area (Å²) in [6, 6.07) is 0. The lowest BCUT2D eigenvalue weighted by atomic mass is 10.2. The third kappa shape index (κ3) is 14.7. The van der Waals surface area contributed by atoms with Crippen LogP contribution in [0.4, 0.5) is 0 Å². The lowest BCUT2D eigenvalue weighted by molar-refractivity contribution is -0.306. The fourth-order valence-corrected chi connectivity index (χ4v) is 0.802. The van der Waals surface area contributed by atoms with Crippen molar-refractivity contribution >= 4 is 0 Å². The van der Waals surface area contributed by atoms with E-state index in [1.165, 1.54) is 32.4 Å². The van der Waals surface area contributed by atoms with Crippen LogP contribution in [0, 0.1) is 0 Å². The Morgan fingerprint density at radius 3 is 1.54 bits per heavy atom. The summed E-state index contributed by atoms with van der Waals surface area (Å²) in [5, 5.41) is 11.2. The van der Waals surface area contributed by atoms with E-state index in [1.807, 2.05) is 0 Å². The molecule has 1 rings (SSSR count). The van der Waals surface area contributed by atoms with Crippen molar-refractivity contribution in [2.45, 2.75) is 53.1 Å². The summed E-state index contributed by atoms with van der Waals surface area (Å²) >= 11 is 0. The average molecular weight is 191 g/mol. The van der Waals surface area contributed by atoms with Crippen LogP contribution in [0.15, 0.2) is 0 Å². The Kier molecular flexibility index (Phi) is 10.0. The van der Waals surface area contributed by atoms with Crippen molar-refractivity contribution in [1.82, 2.24) is 5.32 Å². The maximum Gasteiger partial charge on any atom is 0.0949 e. The zero-order chi connectivity index (χ0) is 9.45. The van der Waals surface area contributed by atoms with Gasteiger partial charge in [0, 0.05) is 0 Å². The molecular weight excluding hydrogens is 166 g/mol. The van der Waals surface area contributed by atoms with Crippen LogP contribution in [0.3, 0.4) is 0 Å². The van der Waals surface area contributed by atoms with Gasteiger partial charge in [0.15, 0.2) is 0 Å². The second kappa shape index (κ2) is 8.48. The monoisotopic (exact) mass is 191 g/mol. The van der Waals surface area contributed by atoms with E-state index in [2.05, 4.69) is 10.2 Å². The lowest BCUT2D eigenvalue weighted by Crippen LogP contribution is -2.21. The van der Waals surface area contributed by atoms with Crippen molar-refractivity contribution in [1.29, 1.82) is 0 Å². The summed E-state index contributed by atoms with van der Waals surface area (Å²) < 4.78 is 0. The van der Waals surface area contributed by atoms with E-state index in [-0.39, 0.29) is 7.43 Å². The lowest BCUT2D eigenvalue weighted by Gasteiger charge is -2.10. The molecule has 1 saturated heterocycles. The Hall–Kier alpha value is -0.120. The molecule has 0 aromatic rings. The van der Waals surface area contributed by atoms with Gasteiger partial charge in [-0.05, 0) is 46.7 Å². The first-order valence-electron chi connectivity index (χ1n) is 4.59. The molecule has 0 bridgehead atoms. The first-order valence-corrected chi connectivity index (χ1v) is 4.59. The smallest absolute Gasteiger partial charge is 0.0949 e. The minimum Gasteiger partial charge on any atom is -0.317 e. The van der Waals surface area contributed by atoms with Gasteiger partial charge in [0.2, 0.25) is 0 Å². The highest BCUT2D eigenvalue weighted by atomic mass is 17.1. The van der Waals surface area contributed by atoms with Crippen LogP contribution < -0.4 is 5.32 Å². The van der Waals surface area contributed by atoms with Gasteiger partial charge < -0.3 is 5.32 Å². The zero-order valence-electron chi connectivity index (χ0n) is 8.39. The van der Waals surface area contributed by atoms with Crippen LogP contribution in [-0.4, -0.2) is 23.9 Å². The zero-order valence-corrected chi connectivity index (χ0v) is 8.39. The van der Waals surface area contributed by atoms with Crippen LogP contribution >= 0.6 is 0 Å². The van der Waals surface area contributed by atoms with Gasteiger partial charge in [-0.25, -0.2) is 4.89 Å². The van der Waals surface area contributed by atoms with E-state index < -0.39 is 5.60 Å². The number of rotatable bonds is 0. The van der Waals surface area contributed by atoms with Gasteiger partial charge in [0.1, 0.15) is 0 Å². The molecule has 2 N–H and O–H groups in total. The molecule has 0 spiro atoms. The SMILES string of the molecule is C.C1CCNCC1.CC(C)(C)OO. The number of nitrogens with one attached hydrogen (secondary N) is 1. The third-order valence-corrected chi connectivity index (χ3v) is 1.48. The first-order chi connectivity index (χ1) is 5.56. The quantitative estimate of drug-likeness (QED) is 0.457. The molecule has 82 valence electrons. The second-order valence-electron chi connectivity index (χ2n) is 4.01. The summed E-state index contributed by atoms with van der Waals surface area (Å²) in [5.41, 5.74) is -0.403. The maximum atomic E-state index is 7.90. The van der Waals surface area contributed by atoms with Gasteiger partial charge in [-0.2, -0.15) is 0 Å². The van der Waals surface area contributed by atoms with Crippen LogP contribution in [0.25, 0.3) is 0 Å². The highest BCUT2D eigenvalue weighted by Crippen LogP contribution is 2.01. The van der Waals surface area contributed by atoms with Crippen molar-refractivity contribution in [3.63, 3.8) is 0 Å². The molecule has 3 heteroatoms. The van der Waals surface area contributed by atoms with Crippen LogP contribution in [0.5, 0.6) is 0 Å². The Morgan fingerprint density at radius 1 is 1.08 bits per heavy atom. The van der Waals surface area contributed by atoms with E-state index in [4.69, 9.17) is 5.26 Å². The molecule has 0 aromatic heterocycles. The fourth-order valence-electron chi connectivity index (χ4n) is 0.802. The largest absolute Gasteiger partial charge is 0.317 e. The Labute approximate surface area is 82.4 Å². The molecule has 0 aliphatic carbocycles. The number of hydrogen-bond acceptors (Lipinski definition) is 3. The molecule has 13 heavy (non-hydrogen) atoms. The number of piperidine rings is 1. The van der Waals surface area contributed by atoms with Crippen molar-refractivity contribution in [3.05, 3.63) is 0 Å². The molecule has 1 fully saturated rings. The van der Waals surface area contributed by atoms with Crippen molar-refractivity contribution in [2.24, 2.45) is 0 Å². The molecule has 0 unspecified atom stereocenters. The predicted octanol–water partition coefficient (Wildman–Crippen LogP) is 2.67. The minimum atomic E-state index is -0.403. The van der Waals surface area contributed by atoms with E-state index in [1.54, 1.807) is 20.8 Å². The Morgan fingerprint density at radius 2 is 1.46 bits per heavy atom. The molecule has 0 aromatic carbocycles. The topological polar surface area (TPSA) is 41.5 Å². The normalized spacial score (nSPS) is 16.6. The summed E-state index contributed by atoms with van der Waals surface area (Å²) in [4.78, 5) is 3.94. The van der Waals surface area contributed by atoms with Gasteiger partial charge in [0.25, 0.3) is 0 Å². The molecule has 0 atom stereocenters. The van der Waals surface area contributed by atoms with Crippen LogP contribution in [-0.2, 0) is 4.89 Å². The van der Waals surface area contributed by atoms with Gasteiger partial charge >= 0.3 is 0 Å². The number of hydrogen-bond donors (Lipinski definition) is 2. The van der Waals surface area contributed by atoms with Crippen LogP contribution in [0.2, 0.25) is 0 Å². The van der Waals surface area contributed by atoms with Crippen molar-refractivity contribution in [2.75, 3.05) is 13.1 Å². The van der Waals surface area contributed by atoms with Gasteiger partial charge in [-0.3, -0.25) is 5.26 Å². The summed E-state index contributed by atoms with van der Waals surface area (Å²) in [6.45, 7) is 7.81. The standard InChI is InChI=1S/C5H11N.C4H10O2.CH4/c1-2-4-6-5-3-1;1-4(2,3)6-5;/h6H,1-5H2;5H,1-3H3;1H4. The van der Waals surface area contributed by atoms with E-state index in [9.17, 15) is 0 Å². The Balaban J connectivity index is 0. The highest BCUT2D eigenvalue weighted by Gasteiger charge is 2.06. The third-order valence-electron chi connectivity index (χ3n) is 1.48. The maximum absolute atomic E-state index is 7.90. The highest BCUT2D eigenvalue weighted by molar-refractivity contribution is 4.55. The predicted molar refractivity (Wildman–Crippen MR) is 56.9 cm³/mol. The Bertz CT molecular complexity index is 84.1. The molecule has 0 amide bonds. The van der Waals surface area contributed by atoms with Crippen molar-refractivity contribution in [3.8, 4) is 0 Å². The van der Waals surface area contributed by atoms with Gasteiger partial charge in [-0.1, -0.05) is 13.8 Å². The molecule has 1 aliphatic heterocycles.